The van der Waals surface area contributed by atoms with Crippen LogP contribution in [-0.2, 0) is 11.3 Å². The fraction of sp³-hybridized carbons (Fsp3) is 0.429. The molecule has 1 aliphatic rings. The van der Waals surface area contributed by atoms with Gasteiger partial charge in [-0.25, -0.2) is 0 Å². The van der Waals surface area contributed by atoms with Gasteiger partial charge in [-0.1, -0.05) is 13.8 Å². The van der Waals surface area contributed by atoms with Gasteiger partial charge in [0.05, 0.1) is 11.6 Å². The quantitative estimate of drug-likeness (QED) is 0.831. The zero-order chi connectivity index (χ0) is 14.4. The molecule has 1 amide bonds. The molecular weight excluding hydrogens is 242 g/mol. The van der Waals surface area contributed by atoms with Gasteiger partial charge in [-0.2, -0.15) is 5.26 Å². The van der Waals surface area contributed by atoms with Crippen molar-refractivity contribution < 1.29 is 9.53 Å². The number of nitrogens with zero attached hydrogens (tertiary/aromatic N) is 2. The lowest BCUT2D eigenvalue weighted by Crippen LogP contribution is -2.49. The van der Waals surface area contributed by atoms with E-state index in [1.54, 1.807) is 30.1 Å². The molecular formula is C14H19N3O2. The molecule has 0 saturated heterocycles. The van der Waals surface area contributed by atoms with E-state index in [2.05, 4.69) is 11.4 Å². The normalized spacial score (nSPS) is 17.1. The van der Waals surface area contributed by atoms with Crippen LogP contribution < -0.4 is 10.1 Å². The molecule has 0 aromatic heterocycles. The smallest absolute Gasteiger partial charge is 0.276 e. The second kappa shape index (κ2) is 6.76. The van der Waals surface area contributed by atoms with Crippen LogP contribution in [0.25, 0.3) is 0 Å². The highest BCUT2D eigenvalue weighted by Gasteiger charge is 2.29. The Morgan fingerprint density at radius 2 is 2.21 bits per heavy atom. The summed E-state index contributed by atoms with van der Waals surface area (Å²) in [5.41, 5.74) is 1.52. The second-order valence-electron chi connectivity index (χ2n) is 3.93. The number of carbonyl (C=O) groups excluding carboxylic acids is 1. The van der Waals surface area contributed by atoms with Crippen molar-refractivity contribution in [2.45, 2.75) is 26.6 Å². The van der Waals surface area contributed by atoms with Crippen molar-refractivity contribution in [1.29, 1.82) is 5.26 Å². The molecule has 1 atom stereocenters. The molecule has 0 saturated carbocycles. The van der Waals surface area contributed by atoms with Crippen molar-refractivity contribution in [2.75, 3.05) is 14.1 Å². The van der Waals surface area contributed by atoms with Gasteiger partial charge in [0.15, 0.2) is 0 Å². The lowest BCUT2D eigenvalue weighted by molar-refractivity contribution is -0.136. The van der Waals surface area contributed by atoms with Crippen LogP contribution in [0.2, 0.25) is 0 Å². The fourth-order valence-electron chi connectivity index (χ4n) is 1.83. The van der Waals surface area contributed by atoms with Gasteiger partial charge >= 0.3 is 0 Å². The summed E-state index contributed by atoms with van der Waals surface area (Å²) in [6, 6.07) is 7.29. The monoisotopic (exact) mass is 261 g/mol. The maximum atomic E-state index is 11.6. The summed E-state index contributed by atoms with van der Waals surface area (Å²) in [6.45, 7) is 4.59. The number of ether oxygens (including phenoxy) is 1. The predicted molar refractivity (Wildman–Crippen MR) is 72.5 cm³/mol. The van der Waals surface area contributed by atoms with Crippen molar-refractivity contribution in [3.63, 3.8) is 0 Å². The van der Waals surface area contributed by atoms with Gasteiger partial charge in [0.25, 0.3) is 5.91 Å². The van der Waals surface area contributed by atoms with Crippen LogP contribution in [-0.4, -0.2) is 31.1 Å². The molecule has 5 nitrogen and oxygen atoms in total. The van der Waals surface area contributed by atoms with Crippen LogP contribution in [0.15, 0.2) is 18.2 Å². The van der Waals surface area contributed by atoms with E-state index in [9.17, 15) is 4.79 Å². The molecule has 1 aliphatic heterocycles. The number of nitriles is 1. The highest BCUT2D eigenvalue weighted by molar-refractivity contribution is 5.80. The van der Waals surface area contributed by atoms with Crippen molar-refractivity contribution in [3.8, 4) is 11.8 Å². The Bertz CT molecular complexity index is 494. The molecule has 0 bridgehead atoms. The summed E-state index contributed by atoms with van der Waals surface area (Å²) in [4.78, 5) is 13.4. The van der Waals surface area contributed by atoms with Gasteiger partial charge in [-0.05, 0) is 25.2 Å². The first-order valence-electron chi connectivity index (χ1n) is 6.27. The van der Waals surface area contributed by atoms with E-state index in [4.69, 9.17) is 10.00 Å². The van der Waals surface area contributed by atoms with E-state index in [0.29, 0.717) is 17.9 Å². The van der Waals surface area contributed by atoms with Gasteiger partial charge in [0, 0.05) is 19.2 Å². The summed E-state index contributed by atoms with van der Waals surface area (Å²) < 4.78 is 5.60. The van der Waals surface area contributed by atoms with Crippen LogP contribution >= 0.6 is 0 Å². The predicted octanol–water partition coefficient (Wildman–Crippen LogP) is 1.48. The van der Waals surface area contributed by atoms with E-state index in [1.807, 2.05) is 20.9 Å². The van der Waals surface area contributed by atoms with Crippen molar-refractivity contribution >= 4 is 5.91 Å². The second-order valence-corrected chi connectivity index (χ2v) is 3.93. The fourth-order valence-corrected chi connectivity index (χ4v) is 1.83. The van der Waals surface area contributed by atoms with E-state index in [1.165, 1.54) is 0 Å². The topological polar surface area (TPSA) is 65.4 Å². The van der Waals surface area contributed by atoms with Crippen LogP contribution in [0.3, 0.4) is 0 Å². The molecule has 1 N–H and O–H groups in total. The molecule has 5 heteroatoms. The number of fused-ring (bicyclic) bond motifs is 1. The van der Waals surface area contributed by atoms with Crippen molar-refractivity contribution in [1.82, 2.24) is 10.2 Å². The maximum absolute atomic E-state index is 11.6. The van der Waals surface area contributed by atoms with Gasteiger partial charge in [0.2, 0.25) is 6.23 Å². The molecule has 1 unspecified atom stereocenters. The first-order chi connectivity index (χ1) is 9.15. The first kappa shape index (κ1) is 15.0. The number of likely N-dealkylation sites (N-methyl/N-ethyl adjacent to an activating group) is 2. The summed E-state index contributed by atoms with van der Waals surface area (Å²) >= 11 is 0. The SMILES string of the molecule is CC.CNC(=O)C1Oc2ccc(C#N)cc2CN1C. The Morgan fingerprint density at radius 3 is 2.79 bits per heavy atom. The van der Waals surface area contributed by atoms with Gasteiger partial charge in [-0.15, -0.1) is 0 Å². The number of hydrogen-bond donors (Lipinski definition) is 1. The lowest BCUT2D eigenvalue weighted by atomic mass is 10.1. The molecule has 1 heterocycles. The molecule has 19 heavy (non-hydrogen) atoms. The third kappa shape index (κ3) is 3.24. The molecule has 0 spiro atoms. The van der Waals surface area contributed by atoms with Gasteiger partial charge in [-0.3, -0.25) is 9.69 Å². The zero-order valence-electron chi connectivity index (χ0n) is 11.7. The molecule has 102 valence electrons. The zero-order valence-corrected chi connectivity index (χ0v) is 11.7. The number of rotatable bonds is 1. The number of amides is 1. The highest BCUT2D eigenvalue weighted by Crippen LogP contribution is 2.27. The molecule has 0 fully saturated rings. The summed E-state index contributed by atoms with van der Waals surface area (Å²) in [6.07, 6.45) is -0.611. The van der Waals surface area contributed by atoms with E-state index >= 15 is 0 Å². The number of hydrogen-bond acceptors (Lipinski definition) is 4. The van der Waals surface area contributed by atoms with Crippen LogP contribution in [0.4, 0.5) is 0 Å². The van der Waals surface area contributed by atoms with Crippen LogP contribution in [0.1, 0.15) is 25.0 Å². The first-order valence-corrected chi connectivity index (χ1v) is 6.27. The number of carbonyl (C=O) groups is 1. The van der Waals surface area contributed by atoms with E-state index in [-0.39, 0.29) is 5.91 Å². The van der Waals surface area contributed by atoms with Crippen molar-refractivity contribution in [3.05, 3.63) is 29.3 Å². The Balaban J connectivity index is 0.000000861. The Morgan fingerprint density at radius 1 is 1.53 bits per heavy atom. The third-order valence-corrected chi connectivity index (χ3v) is 2.72. The minimum absolute atomic E-state index is 0.178. The molecule has 1 aromatic carbocycles. The average molecular weight is 261 g/mol. The van der Waals surface area contributed by atoms with Crippen LogP contribution in [0.5, 0.6) is 5.75 Å². The highest BCUT2D eigenvalue weighted by atomic mass is 16.5. The van der Waals surface area contributed by atoms with E-state index < -0.39 is 6.23 Å². The number of nitrogens with one attached hydrogen (secondary N) is 1. The van der Waals surface area contributed by atoms with Crippen LogP contribution in [0, 0.1) is 11.3 Å². The van der Waals surface area contributed by atoms with E-state index in [0.717, 1.165) is 5.56 Å². The minimum Gasteiger partial charge on any atom is -0.465 e. The average Bonchev–Trinajstić information content (AvgIpc) is 2.47. The lowest BCUT2D eigenvalue weighted by Gasteiger charge is -2.32. The standard InChI is InChI=1S/C12H13N3O2.C2H6/c1-14-11(16)12-15(2)7-9-5-8(6-13)3-4-10(9)17-12;1-2/h3-5,12H,7H2,1-2H3,(H,14,16);1-2H3. The Labute approximate surface area is 113 Å². The minimum atomic E-state index is -0.611. The maximum Gasteiger partial charge on any atom is 0.276 e. The number of benzene rings is 1. The summed E-state index contributed by atoms with van der Waals surface area (Å²) in [5.74, 6) is 0.484. The summed E-state index contributed by atoms with van der Waals surface area (Å²) in [7, 11) is 3.38. The van der Waals surface area contributed by atoms with Gasteiger partial charge in [0.1, 0.15) is 5.75 Å². The molecule has 0 radical (unpaired) electrons. The Hall–Kier alpha value is -2.06. The molecule has 2 rings (SSSR count). The summed E-state index contributed by atoms with van der Waals surface area (Å²) in [5, 5.41) is 11.4. The Kier molecular flexibility index (Phi) is 5.34. The van der Waals surface area contributed by atoms with Crippen molar-refractivity contribution in [2.24, 2.45) is 0 Å². The van der Waals surface area contributed by atoms with Gasteiger partial charge < -0.3 is 10.1 Å². The molecule has 0 aliphatic carbocycles. The largest absolute Gasteiger partial charge is 0.465 e. The molecule has 1 aromatic rings. The third-order valence-electron chi connectivity index (χ3n) is 2.72.